The molecular weight excluding hydrogens is 282 g/mol. The molecule has 1 saturated heterocycles. The van der Waals surface area contributed by atoms with Crippen LogP contribution in [0.4, 0.5) is 4.39 Å². The Morgan fingerprint density at radius 2 is 1.64 bits per heavy atom. The number of allylic oxidation sites excluding steroid dienone is 1. The number of hydrogen-bond donors (Lipinski definition) is 2. The smallest absolute Gasteiger partial charge is 0.399 e. The van der Waals surface area contributed by atoms with E-state index in [0.717, 1.165) is 0 Å². The first-order valence-corrected chi connectivity index (χ1v) is 7.26. The quantitative estimate of drug-likeness (QED) is 0.664. The molecule has 0 spiro atoms. The monoisotopic (exact) mass is 304 g/mol. The van der Waals surface area contributed by atoms with Gasteiger partial charge in [-0.15, -0.1) is 0 Å². The summed E-state index contributed by atoms with van der Waals surface area (Å²) in [4.78, 5) is 0. The van der Waals surface area contributed by atoms with Crippen LogP contribution in [0.1, 0.15) is 33.3 Å². The summed E-state index contributed by atoms with van der Waals surface area (Å²) in [5.74, 6) is -0.327. The van der Waals surface area contributed by atoms with E-state index in [4.69, 9.17) is 14.7 Å². The van der Waals surface area contributed by atoms with E-state index in [1.165, 1.54) is 12.1 Å². The highest BCUT2D eigenvalue weighted by atomic mass is 19.1. The molecule has 0 aliphatic carbocycles. The van der Waals surface area contributed by atoms with Crippen molar-refractivity contribution in [2.24, 2.45) is 0 Å². The highest BCUT2D eigenvalue weighted by Crippen LogP contribution is 2.38. The van der Waals surface area contributed by atoms with Gasteiger partial charge in [0.2, 0.25) is 0 Å². The van der Waals surface area contributed by atoms with Gasteiger partial charge in [0.05, 0.1) is 16.9 Å². The lowest BCUT2D eigenvalue weighted by Crippen LogP contribution is -2.41. The van der Waals surface area contributed by atoms with E-state index in [2.05, 4.69) is 5.32 Å². The van der Waals surface area contributed by atoms with Crippen LogP contribution in [0.15, 0.2) is 35.9 Å². The molecule has 1 fully saturated rings. The number of benzene rings is 1. The van der Waals surface area contributed by atoms with Crippen LogP contribution in [0.5, 0.6) is 0 Å². The van der Waals surface area contributed by atoms with Crippen molar-refractivity contribution in [2.45, 2.75) is 38.9 Å². The van der Waals surface area contributed by atoms with Gasteiger partial charge in [0.15, 0.2) is 0 Å². The molecule has 0 saturated carbocycles. The molecular formula is C16H22BFN2O2. The average Bonchev–Trinajstić information content (AvgIpc) is 2.64. The molecule has 0 amide bonds. The fourth-order valence-corrected chi connectivity index (χ4v) is 2.17. The van der Waals surface area contributed by atoms with E-state index in [1.807, 2.05) is 27.7 Å². The molecule has 1 aliphatic heterocycles. The second-order valence-corrected chi connectivity index (χ2v) is 6.36. The first-order valence-electron chi connectivity index (χ1n) is 7.26. The maximum absolute atomic E-state index is 13.1. The maximum Gasteiger partial charge on any atom is 0.498 e. The van der Waals surface area contributed by atoms with Crippen molar-refractivity contribution in [3.8, 4) is 0 Å². The van der Waals surface area contributed by atoms with Crippen molar-refractivity contribution in [1.82, 2.24) is 5.32 Å². The van der Waals surface area contributed by atoms with Crippen molar-refractivity contribution in [3.63, 3.8) is 0 Å². The molecule has 0 bridgehead atoms. The van der Waals surface area contributed by atoms with Crippen LogP contribution in [0, 0.1) is 11.2 Å². The third-order valence-electron chi connectivity index (χ3n) is 4.23. The molecule has 0 atom stereocenters. The highest BCUT2D eigenvalue weighted by Gasteiger charge is 2.53. The van der Waals surface area contributed by atoms with Gasteiger partial charge in [0, 0.05) is 12.5 Å². The van der Waals surface area contributed by atoms with Crippen LogP contribution < -0.4 is 5.32 Å². The van der Waals surface area contributed by atoms with E-state index < -0.39 is 18.3 Å². The lowest BCUT2D eigenvalue weighted by Gasteiger charge is -2.32. The van der Waals surface area contributed by atoms with Crippen LogP contribution in [-0.2, 0) is 9.31 Å². The SMILES string of the molecule is CN/C=C(/B1OC(C)(C)C(C)(C)O1)C(=N)c1ccc(F)cc1. The molecule has 6 heteroatoms. The van der Waals surface area contributed by atoms with E-state index >= 15 is 0 Å². The summed E-state index contributed by atoms with van der Waals surface area (Å²) < 4.78 is 25.1. The number of nitrogens with one attached hydrogen (secondary N) is 2. The minimum absolute atomic E-state index is 0.243. The van der Waals surface area contributed by atoms with E-state index in [-0.39, 0.29) is 11.5 Å². The van der Waals surface area contributed by atoms with Crippen LogP contribution >= 0.6 is 0 Å². The summed E-state index contributed by atoms with van der Waals surface area (Å²) in [6.07, 6.45) is 1.69. The zero-order valence-electron chi connectivity index (χ0n) is 13.7. The molecule has 1 aromatic rings. The van der Waals surface area contributed by atoms with Gasteiger partial charge < -0.3 is 20.0 Å². The Hall–Kier alpha value is -1.66. The first kappa shape index (κ1) is 16.7. The number of hydrogen-bond acceptors (Lipinski definition) is 4. The fraction of sp³-hybridized carbons (Fsp3) is 0.438. The number of rotatable bonds is 4. The standard InChI is InChI=1S/C16H22BFN2O2/c1-15(2)16(3,4)22-17(21-15)13(10-20-5)14(19)11-6-8-12(18)9-7-11/h6-10,19-20H,1-5H3/b13-10+,19-14?. The van der Waals surface area contributed by atoms with Crippen LogP contribution in [0.3, 0.4) is 0 Å². The lowest BCUT2D eigenvalue weighted by atomic mass is 9.74. The van der Waals surface area contributed by atoms with Crippen molar-refractivity contribution in [1.29, 1.82) is 5.41 Å². The first-order chi connectivity index (χ1) is 10.2. The molecule has 0 aromatic heterocycles. The molecule has 22 heavy (non-hydrogen) atoms. The normalized spacial score (nSPS) is 20.1. The third kappa shape index (κ3) is 3.08. The summed E-state index contributed by atoms with van der Waals surface area (Å²) in [5.41, 5.74) is 0.472. The Labute approximate surface area is 131 Å². The van der Waals surface area contributed by atoms with Crippen LogP contribution in [-0.4, -0.2) is 31.1 Å². The molecule has 1 aliphatic rings. The second kappa shape index (κ2) is 5.86. The second-order valence-electron chi connectivity index (χ2n) is 6.36. The summed E-state index contributed by atoms with van der Waals surface area (Å²) >= 11 is 0. The predicted octanol–water partition coefficient (Wildman–Crippen LogP) is 2.93. The Bertz CT molecular complexity index is 581. The van der Waals surface area contributed by atoms with Gasteiger partial charge in [-0.05, 0) is 63.7 Å². The van der Waals surface area contributed by atoms with Gasteiger partial charge >= 0.3 is 7.12 Å². The van der Waals surface area contributed by atoms with Gasteiger partial charge in [0.25, 0.3) is 0 Å². The topological polar surface area (TPSA) is 54.3 Å². The Morgan fingerprint density at radius 3 is 2.09 bits per heavy atom. The summed E-state index contributed by atoms with van der Waals surface area (Å²) in [5, 5.41) is 11.3. The fourth-order valence-electron chi connectivity index (χ4n) is 2.17. The molecule has 2 rings (SSSR count). The Morgan fingerprint density at radius 1 is 1.14 bits per heavy atom. The Kier molecular flexibility index (Phi) is 4.45. The minimum atomic E-state index is -0.644. The van der Waals surface area contributed by atoms with Crippen LogP contribution in [0.2, 0.25) is 0 Å². The van der Waals surface area contributed by atoms with Gasteiger partial charge in [-0.25, -0.2) is 4.39 Å². The molecule has 2 N–H and O–H groups in total. The van der Waals surface area contributed by atoms with Gasteiger partial charge in [-0.3, -0.25) is 0 Å². The summed E-state index contributed by atoms with van der Waals surface area (Å²) in [6.45, 7) is 7.86. The molecule has 0 unspecified atom stereocenters. The van der Waals surface area contributed by atoms with Crippen LogP contribution in [0.25, 0.3) is 0 Å². The molecule has 0 radical (unpaired) electrons. The van der Waals surface area contributed by atoms with Crippen molar-refractivity contribution >= 4 is 12.8 Å². The molecule has 118 valence electrons. The van der Waals surface area contributed by atoms with Gasteiger partial charge in [-0.1, -0.05) is 0 Å². The third-order valence-corrected chi connectivity index (χ3v) is 4.23. The van der Waals surface area contributed by atoms with E-state index in [9.17, 15) is 4.39 Å². The molecule has 4 nitrogen and oxygen atoms in total. The van der Waals surface area contributed by atoms with E-state index in [1.54, 1.807) is 25.4 Å². The Balaban J connectivity index is 2.31. The van der Waals surface area contributed by atoms with E-state index in [0.29, 0.717) is 11.0 Å². The van der Waals surface area contributed by atoms with Crippen molar-refractivity contribution < 1.29 is 13.7 Å². The lowest BCUT2D eigenvalue weighted by molar-refractivity contribution is 0.00578. The number of halogens is 1. The average molecular weight is 304 g/mol. The van der Waals surface area contributed by atoms with Crippen molar-refractivity contribution in [2.75, 3.05) is 7.05 Å². The largest absolute Gasteiger partial charge is 0.498 e. The molecule has 1 heterocycles. The van der Waals surface area contributed by atoms with Gasteiger partial charge in [0.1, 0.15) is 5.82 Å². The minimum Gasteiger partial charge on any atom is -0.399 e. The molecule has 1 aromatic carbocycles. The van der Waals surface area contributed by atoms with Crippen molar-refractivity contribution in [3.05, 3.63) is 47.3 Å². The zero-order chi connectivity index (χ0) is 16.5. The zero-order valence-corrected chi connectivity index (χ0v) is 13.7. The van der Waals surface area contributed by atoms with Gasteiger partial charge in [-0.2, -0.15) is 0 Å². The highest BCUT2D eigenvalue weighted by molar-refractivity contribution is 6.63. The maximum atomic E-state index is 13.1. The predicted molar refractivity (Wildman–Crippen MR) is 86.5 cm³/mol. The summed E-state index contributed by atoms with van der Waals surface area (Å²) in [7, 11) is 1.11. The summed E-state index contributed by atoms with van der Waals surface area (Å²) in [6, 6.07) is 5.83.